The second kappa shape index (κ2) is 12.4. The van der Waals surface area contributed by atoms with Crippen LogP contribution in [0.3, 0.4) is 0 Å². The molecule has 0 fully saturated rings. The van der Waals surface area contributed by atoms with Gasteiger partial charge in [0.2, 0.25) is 0 Å². The lowest BCUT2D eigenvalue weighted by Crippen LogP contribution is -2.16. The number of anilines is 3. The Hall–Kier alpha value is -6.44. The lowest BCUT2D eigenvalue weighted by molar-refractivity contribution is 0.660. The summed E-state index contributed by atoms with van der Waals surface area (Å²) in [5, 5.41) is 0. The molecule has 252 valence electrons. The highest BCUT2D eigenvalue weighted by Crippen LogP contribution is 2.51. The van der Waals surface area contributed by atoms with E-state index in [2.05, 4.69) is 213 Å². The van der Waals surface area contributed by atoms with Crippen LogP contribution in [-0.4, -0.2) is 0 Å². The van der Waals surface area contributed by atoms with Crippen molar-refractivity contribution in [3.05, 3.63) is 222 Å². The highest BCUT2D eigenvalue weighted by molar-refractivity contribution is 5.88. The highest BCUT2D eigenvalue weighted by Gasteiger charge is 2.36. The second-order valence-electron chi connectivity index (χ2n) is 14.9. The minimum Gasteiger partial charge on any atom is -0.310 e. The van der Waals surface area contributed by atoms with Crippen LogP contribution < -0.4 is 4.90 Å². The molecular formula is C52H39N. The van der Waals surface area contributed by atoms with Crippen LogP contribution in [0, 0.1) is 0 Å². The summed E-state index contributed by atoms with van der Waals surface area (Å²) in [6.45, 7) is 4.71. The highest BCUT2D eigenvalue weighted by atomic mass is 15.1. The zero-order valence-corrected chi connectivity index (χ0v) is 30.0. The lowest BCUT2D eigenvalue weighted by Gasteiger charge is -2.28. The average Bonchev–Trinajstić information content (AvgIpc) is 3.67. The minimum absolute atomic E-state index is 0.0830. The predicted octanol–water partition coefficient (Wildman–Crippen LogP) is 14.0. The normalized spacial score (nSPS) is 14.6. The van der Waals surface area contributed by atoms with Crippen LogP contribution in [0.2, 0.25) is 0 Å². The summed E-state index contributed by atoms with van der Waals surface area (Å²) in [4.78, 5) is 2.40. The van der Waals surface area contributed by atoms with Crippen LogP contribution in [0.5, 0.6) is 0 Å². The summed E-state index contributed by atoms with van der Waals surface area (Å²) in [5.41, 5.74) is 20.4. The molecular weight excluding hydrogens is 639 g/mol. The van der Waals surface area contributed by atoms with Gasteiger partial charge in [-0.25, -0.2) is 0 Å². The first-order valence-corrected chi connectivity index (χ1v) is 18.6. The van der Waals surface area contributed by atoms with Crippen molar-refractivity contribution in [3.63, 3.8) is 0 Å². The second-order valence-corrected chi connectivity index (χ2v) is 14.9. The maximum Gasteiger partial charge on any atom is 0.0465 e. The fourth-order valence-corrected chi connectivity index (χ4v) is 8.90. The van der Waals surface area contributed by atoms with Gasteiger partial charge in [-0.3, -0.25) is 0 Å². The molecule has 10 rings (SSSR count). The van der Waals surface area contributed by atoms with Crippen molar-refractivity contribution >= 4 is 17.1 Å². The molecule has 53 heavy (non-hydrogen) atoms. The molecule has 0 saturated heterocycles. The number of hydrogen-bond acceptors (Lipinski definition) is 1. The van der Waals surface area contributed by atoms with Crippen LogP contribution in [0.15, 0.2) is 194 Å². The maximum atomic E-state index is 2.41. The van der Waals surface area contributed by atoms with Crippen molar-refractivity contribution in [2.24, 2.45) is 0 Å². The quantitative estimate of drug-likeness (QED) is 0.169. The third-order valence-electron chi connectivity index (χ3n) is 11.6. The Labute approximate surface area is 312 Å². The van der Waals surface area contributed by atoms with Crippen molar-refractivity contribution in [1.29, 1.82) is 0 Å². The van der Waals surface area contributed by atoms with E-state index < -0.39 is 0 Å². The van der Waals surface area contributed by atoms with Crippen molar-refractivity contribution in [3.8, 4) is 44.5 Å². The molecule has 0 N–H and O–H groups in total. The van der Waals surface area contributed by atoms with Gasteiger partial charge in [0.15, 0.2) is 0 Å². The first-order chi connectivity index (χ1) is 26.0. The molecule has 0 amide bonds. The summed E-state index contributed by atoms with van der Waals surface area (Å²) >= 11 is 0. The van der Waals surface area contributed by atoms with Crippen molar-refractivity contribution in [2.75, 3.05) is 4.90 Å². The third kappa shape index (κ3) is 5.15. The van der Waals surface area contributed by atoms with E-state index in [1.807, 2.05) is 0 Å². The number of nitrogens with zero attached hydrogens (tertiary/aromatic N) is 1. The van der Waals surface area contributed by atoms with Gasteiger partial charge < -0.3 is 4.90 Å². The van der Waals surface area contributed by atoms with Gasteiger partial charge in [0.25, 0.3) is 0 Å². The Kier molecular flexibility index (Phi) is 7.30. The number of fused-ring (bicyclic) bond motifs is 6. The fourth-order valence-electron chi connectivity index (χ4n) is 8.90. The summed E-state index contributed by atoms with van der Waals surface area (Å²) in [6, 6.07) is 71.5. The van der Waals surface area contributed by atoms with E-state index in [1.54, 1.807) is 0 Å². The van der Waals surface area contributed by atoms with Crippen LogP contribution in [-0.2, 0) is 5.41 Å². The maximum absolute atomic E-state index is 2.41. The zero-order chi connectivity index (χ0) is 35.5. The van der Waals surface area contributed by atoms with E-state index in [1.165, 1.54) is 72.3 Å². The van der Waals surface area contributed by atoms with Gasteiger partial charge in [-0.1, -0.05) is 166 Å². The molecule has 1 unspecified atom stereocenters. The SMILES string of the molecule is CC1(C)c2ccccc2-c2ccc(N(c3ccc(-c4ccccc4)cc3)c3ccc(-c4ccc5c(c4)-c4ccccc4C5c4ccccc4)cc3)cc21. The summed E-state index contributed by atoms with van der Waals surface area (Å²) in [7, 11) is 0. The third-order valence-corrected chi connectivity index (χ3v) is 11.6. The first-order valence-electron chi connectivity index (χ1n) is 18.6. The van der Waals surface area contributed by atoms with E-state index >= 15 is 0 Å². The summed E-state index contributed by atoms with van der Waals surface area (Å²) in [5.74, 6) is 0.255. The van der Waals surface area contributed by atoms with Crippen LogP contribution in [0.25, 0.3) is 44.5 Å². The Morgan fingerprint density at radius 2 is 0.868 bits per heavy atom. The molecule has 1 heteroatoms. The molecule has 1 atom stereocenters. The molecule has 0 saturated carbocycles. The first kappa shape index (κ1) is 31.3. The predicted molar refractivity (Wildman–Crippen MR) is 222 cm³/mol. The van der Waals surface area contributed by atoms with E-state index in [0.717, 1.165) is 17.1 Å². The molecule has 0 aliphatic heterocycles. The van der Waals surface area contributed by atoms with Gasteiger partial charge in [0.05, 0.1) is 0 Å². The topological polar surface area (TPSA) is 3.24 Å². The van der Waals surface area contributed by atoms with Gasteiger partial charge in [-0.15, -0.1) is 0 Å². The minimum atomic E-state index is -0.0830. The van der Waals surface area contributed by atoms with Crippen LogP contribution >= 0.6 is 0 Å². The average molecular weight is 678 g/mol. The van der Waals surface area contributed by atoms with Gasteiger partial charge in [-0.05, 0) is 115 Å². The van der Waals surface area contributed by atoms with Gasteiger partial charge in [0, 0.05) is 28.4 Å². The molecule has 0 aromatic heterocycles. The molecule has 2 aliphatic rings. The Balaban J connectivity index is 1.05. The van der Waals surface area contributed by atoms with E-state index in [0.29, 0.717) is 0 Å². The number of hydrogen-bond donors (Lipinski definition) is 0. The van der Waals surface area contributed by atoms with E-state index in [9.17, 15) is 0 Å². The standard InChI is InChI=1S/C52H39N/c1-52(2)49-20-12-11-18-44(49)45-32-30-42(34-50(45)52)53(40-26-21-36(22-27-40)35-13-5-3-6-14-35)41-28-23-37(24-29-41)39-25-31-47-48(33-39)43-17-9-10-19-46(43)51(47)38-15-7-4-8-16-38/h3-34,51H,1-2H3. The fraction of sp³-hybridized carbons (Fsp3) is 0.0769. The molecule has 1 nitrogen and oxygen atoms in total. The largest absolute Gasteiger partial charge is 0.310 e. The lowest BCUT2D eigenvalue weighted by atomic mass is 9.82. The van der Waals surface area contributed by atoms with E-state index in [4.69, 9.17) is 0 Å². The Morgan fingerprint density at radius 1 is 0.358 bits per heavy atom. The molecule has 0 radical (unpaired) electrons. The monoisotopic (exact) mass is 677 g/mol. The van der Waals surface area contributed by atoms with Crippen molar-refractivity contribution in [1.82, 2.24) is 0 Å². The van der Waals surface area contributed by atoms with Crippen LogP contribution in [0.1, 0.15) is 47.6 Å². The van der Waals surface area contributed by atoms with Gasteiger partial charge >= 0.3 is 0 Å². The van der Waals surface area contributed by atoms with Gasteiger partial charge in [0.1, 0.15) is 0 Å². The molecule has 8 aromatic carbocycles. The Bertz CT molecular complexity index is 2620. The van der Waals surface area contributed by atoms with Crippen molar-refractivity contribution in [2.45, 2.75) is 25.2 Å². The van der Waals surface area contributed by atoms with Crippen LogP contribution in [0.4, 0.5) is 17.1 Å². The van der Waals surface area contributed by atoms with E-state index in [-0.39, 0.29) is 11.3 Å². The number of benzene rings is 8. The summed E-state index contributed by atoms with van der Waals surface area (Å²) < 4.78 is 0. The molecule has 8 aromatic rings. The zero-order valence-electron chi connectivity index (χ0n) is 30.0. The molecule has 2 aliphatic carbocycles. The smallest absolute Gasteiger partial charge is 0.0465 e. The molecule has 0 spiro atoms. The Morgan fingerprint density at radius 3 is 1.58 bits per heavy atom. The van der Waals surface area contributed by atoms with Crippen molar-refractivity contribution < 1.29 is 0 Å². The number of rotatable bonds is 6. The van der Waals surface area contributed by atoms with Gasteiger partial charge in [-0.2, -0.15) is 0 Å². The molecule has 0 bridgehead atoms. The molecule has 0 heterocycles. The summed E-state index contributed by atoms with van der Waals surface area (Å²) in [6.07, 6.45) is 0.